The van der Waals surface area contributed by atoms with E-state index in [0.29, 0.717) is 51.4 Å². The van der Waals surface area contributed by atoms with Gasteiger partial charge in [-0.1, -0.05) is 48.5 Å². The third-order valence-electron chi connectivity index (χ3n) is 5.28. The van der Waals surface area contributed by atoms with E-state index in [1.807, 2.05) is 23.5 Å². The molecule has 0 N–H and O–H groups in total. The predicted octanol–water partition coefficient (Wildman–Crippen LogP) is 6.48. The number of ether oxygens (including phenoxy) is 4. The van der Waals surface area contributed by atoms with Crippen molar-refractivity contribution in [3.8, 4) is 0 Å². The number of halogens is 2. The van der Waals surface area contributed by atoms with Gasteiger partial charge in [-0.25, -0.2) is 0 Å². The minimum absolute atomic E-state index is 0.575. The number of benzene rings is 2. The van der Waals surface area contributed by atoms with E-state index in [-0.39, 0.29) is 0 Å². The second-order valence-electron chi connectivity index (χ2n) is 8.07. The smallest absolute Gasteiger partial charge is 0.0701 e. The van der Waals surface area contributed by atoms with Crippen LogP contribution in [0.2, 0.25) is 0 Å². The quantitative estimate of drug-likeness (QED) is 0.112. The number of rotatable bonds is 23. The third kappa shape index (κ3) is 16.4. The molecule has 2 rings (SSSR count). The van der Waals surface area contributed by atoms with Crippen LogP contribution in [0.3, 0.4) is 0 Å². The van der Waals surface area contributed by atoms with Gasteiger partial charge in [0.25, 0.3) is 0 Å². The van der Waals surface area contributed by atoms with Gasteiger partial charge in [-0.05, 0) is 46.6 Å². The molecule has 0 aliphatic heterocycles. The molecular formula is C28H40Cl2O4S2. The Labute approximate surface area is 236 Å². The zero-order valence-corrected chi connectivity index (χ0v) is 24.3. The molecule has 0 heterocycles. The first kappa shape index (κ1) is 31.8. The van der Waals surface area contributed by atoms with E-state index in [1.54, 1.807) is 0 Å². The van der Waals surface area contributed by atoms with Gasteiger partial charge in [-0.15, -0.1) is 23.2 Å². The summed E-state index contributed by atoms with van der Waals surface area (Å²) < 4.78 is 22.3. The van der Waals surface area contributed by atoms with Crippen molar-refractivity contribution in [3.63, 3.8) is 0 Å². The molecule has 36 heavy (non-hydrogen) atoms. The summed E-state index contributed by atoms with van der Waals surface area (Å²) in [7, 11) is 0. The third-order valence-corrected chi connectivity index (χ3v) is 7.80. The van der Waals surface area contributed by atoms with Crippen molar-refractivity contribution in [1.29, 1.82) is 0 Å². The molecule has 4 nitrogen and oxygen atoms in total. The van der Waals surface area contributed by atoms with Crippen LogP contribution in [0.1, 0.15) is 22.3 Å². The molecule has 0 radical (unpaired) electrons. The molecule has 0 amide bonds. The first-order chi connectivity index (χ1) is 17.8. The van der Waals surface area contributed by atoms with Gasteiger partial charge in [0.15, 0.2) is 0 Å². The van der Waals surface area contributed by atoms with Crippen molar-refractivity contribution >= 4 is 46.7 Å². The molecule has 0 aromatic heterocycles. The van der Waals surface area contributed by atoms with E-state index in [0.717, 1.165) is 49.1 Å². The highest BCUT2D eigenvalue weighted by Gasteiger charge is 1.98. The summed E-state index contributed by atoms with van der Waals surface area (Å²) in [4.78, 5) is 0. The fourth-order valence-electron chi connectivity index (χ4n) is 3.17. The molecule has 0 aliphatic carbocycles. The van der Waals surface area contributed by atoms with Crippen molar-refractivity contribution in [2.24, 2.45) is 0 Å². The lowest BCUT2D eigenvalue weighted by molar-refractivity contribution is 0.00146. The summed E-state index contributed by atoms with van der Waals surface area (Å²) >= 11 is 15.5. The molecule has 2 aromatic carbocycles. The van der Waals surface area contributed by atoms with Crippen LogP contribution in [0.5, 0.6) is 0 Å². The molecule has 0 bridgehead atoms. The van der Waals surface area contributed by atoms with Crippen molar-refractivity contribution in [1.82, 2.24) is 0 Å². The second-order valence-corrected chi connectivity index (χ2v) is 11.1. The molecule has 0 fully saturated rings. The first-order valence-electron chi connectivity index (χ1n) is 12.6. The number of hydrogen-bond acceptors (Lipinski definition) is 6. The number of thioether (sulfide) groups is 2. The van der Waals surface area contributed by atoms with Crippen LogP contribution in [-0.2, 0) is 43.5 Å². The summed E-state index contributed by atoms with van der Waals surface area (Å²) in [6, 6.07) is 17.1. The van der Waals surface area contributed by atoms with Gasteiger partial charge in [0, 0.05) is 23.3 Å². The van der Waals surface area contributed by atoms with Crippen LogP contribution in [0.4, 0.5) is 0 Å². The second kappa shape index (κ2) is 22.5. The van der Waals surface area contributed by atoms with Gasteiger partial charge in [-0.2, -0.15) is 23.5 Å². The topological polar surface area (TPSA) is 36.9 Å². The minimum Gasteiger partial charge on any atom is -0.378 e. The zero-order chi connectivity index (χ0) is 25.5. The Morgan fingerprint density at radius 3 is 1.06 bits per heavy atom. The maximum atomic E-state index is 5.82. The Hall–Kier alpha value is -0.440. The van der Waals surface area contributed by atoms with E-state index in [1.165, 1.54) is 22.3 Å². The van der Waals surface area contributed by atoms with Crippen molar-refractivity contribution < 1.29 is 18.9 Å². The van der Waals surface area contributed by atoms with Gasteiger partial charge in [0.05, 0.1) is 52.9 Å². The first-order valence-corrected chi connectivity index (χ1v) is 15.9. The normalized spacial score (nSPS) is 11.3. The van der Waals surface area contributed by atoms with E-state index < -0.39 is 0 Å². The maximum Gasteiger partial charge on any atom is 0.0701 e. The summed E-state index contributed by atoms with van der Waals surface area (Å²) in [6.07, 6.45) is 2.15. The molecule has 8 heteroatoms. The van der Waals surface area contributed by atoms with Crippen molar-refractivity contribution in [2.45, 2.75) is 24.6 Å². The Morgan fingerprint density at radius 2 is 0.722 bits per heavy atom. The van der Waals surface area contributed by atoms with Crippen LogP contribution in [-0.4, -0.2) is 75.9 Å². The van der Waals surface area contributed by atoms with Crippen molar-refractivity contribution in [2.75, 3.05) is 75.9 Å². The molecule has 0 spiro atoms. The number of alkyl halides is 2. The van der Waals surface area contributed by atoms with Crippen LogP contribution in [0.25, 0.3) is 0 Å². The Bertz CT molecular complexity index is 698. The standard InChI is InChI=1S/C28H40Cl2O4S2/c29-23-27-5-1-25(2-6-27)9-19-35-21-17-33-15-13-31-11-12-32-14-16-34-18-22-36-20-10-26-3-7-28(24-30)8-4-26/h1-8H,9-24H2. The molecule has 2 aromatic rings. The summed E-state index contributed by atoms with van der Waals surface area (Å²) in [6.45, 7) is 5.14. The van der Waals surface area contributed by atoms with Gasteiger partial charge < -0.3 is 18.9 Å². The van der Waals surface area contributed by atoms with E-state index in [2.05, 4.69) is 48.5 Å². The van der Waals surface area contributed by atoms with Crippen LogP contribution in [0.15, 0.2) is 48.5 Å². The van der Waals surface area contributed by atoms with Crippen molar-refractivity contribution in [3.05, 3.63) is 70.8 Å². The summed E-state index contributed by atoms with van der Waals surface area (Å²) in [5.41, 5.74) is 5.05. The van der Waals surface area contributed by atoms with Gasteiger partial charge in [-0.3, -0.25) is 0 Å². The lowest BCUT2D eigenvalue weighted by Gasteiger charge is -2.08. The van der Waals surface area contributed by atoms with Gasteiger partial charge >= 0.3 is 0 Å². The zero-order valence-electron chi connectivity index (χ0n) is 21.1. The molecule has 0 saturated heterocycles. The molecule has 0 atom stereocenters. The number of hydrogen-bond donors (Lipinski definition) is 0. The number of aryl methyl sites for hydroxylation is 2. The highest BCUT2D eigenvalue weighted by atomic mass is 35.5. The fraction of sp³-hybridized carbons (Fsp3) is 0.571. The SMILES string of the molecule is ClCc1ccc(CCSCCOCCOCCOCCOCCSCCc2ccc(CCl)cc2)cc1. The average molecular weight is 576 g/mol. The largest absolute Gasteiger partial charge is 0.378 e. The molecule has 0 unspecified atom stereocenters. The lowest BCUT2D eigenvalue weighted by atomic mass is 10.1. The average Bonchev–Trinajstić information content (AvgIpc) is 2.92. The Kier molecular flexibility index (Phi) is 19.9. The Balaban J connectivity index is 1.24. The highest BCUT2D eigenvalue weighted by Crippen LogP contribution is 2.11. The van der Waals surface area contributed by atoms with Gasteiger partial charge in [0.2, 0.25) is 0 Å². The van der Waals surface area contributed by atoms with Crippen LogP contribution in [0, 0.1) is 0 Å². The maximum absolute atomic E-state index is 5.82. The molecule has 0 aliphatic rings. The van der Waals surface area contributed by atoms with Crippen LogP contribution < -0.4 is 0 Å². The summed E-state index contributed by atoms with van der Waals surface area (Å²) in [5.74, 6) is 5.36. The summed E-state index contributed by atoms with van der Waals surface area (Å²) in [5, 5.41) is 0. The van der Waals surface area contributed by atoms with E-state index in [9.17, 15) is 0 Å². The van der Waals surface area contributed by atoms with E-state index in [4.69, 9.17) is 42.1 Å². The molecule has 202 valence electrons. The lowest BCUT2D eigenvalue weighted by Crippen LogP contribution is -2.13. The monoisotopic (exact) mass is 574 g/mol. The highest BCUT2D eigenvalue weighted by molar-refractivity contribution is 7.99. The Morgan fingerprint density at radius 1 is 0.417 bits per heavy atom. The van der Waals surface area contributed by atoms with Crippen LogP contribution >= 0.6 is 46.7 Å². The molecular weight excluding hydrogens is 535 g/mol. The minimum atomic E-state index is 0.575. The van der Waals surface area contributed by atoms with E-state index >= 15 is 0 Å². The predicted molar refractivity (Wildman–Crippen MR) is 157 cm³/mol. The fourth-order valence-corrected chi connectivity index (χ4v) is 5.17. The molecule has 0 saturated carbocycles. The van der Waals surface area contributed by atoms with Gasteiger partial charge in [0.1, 0.15) is 0 Å².